The minimum absolute atomic E-state index is 0.145. The van der Waals surface area contributed by atoms with Gasteiger partial charge in [0.25, 0.3) is 0 Å². The van der Waals surface area contributed by atoms with Gasteiger partial charge in [-0.15, -0.1) is 0 Å². The summed E-state index contributed by atoms with van der Waals surface area (Å²) in [4.78, 5) is 15.7. The van der Waals surface area contributed by atoms with Crippen LogP contribution in [0.4, 0.5) is 0 Å². The summed E-state index contributed by atoms with van der Waals surface area (Å²) in [5, 5.41) is 2.87. The molecule has 3 heteroatoms. The van der Waals surface area contributed by atoms with Gasteiger partial charge in [0.05, 0.1) is 0 Å². The van der Waals surface area contributed by atoms with Gasteiger partial charge in [0.1, 0.15) is 0 Å². The van der Waals surface area contributed by atoms with Crippen molar-refractivity contribution in [2.24, 2.45) is 10.9 Å². The van der Waals surface area contributed by atoms with E-state index in [0.717, 1.165) is 25.1 Å². The van der Waals surface area contributed by atoms with E-state index in [1.807, 2.05) is 6.92 Å². The van der Waals surface area contributed by atoms with E-state index in [9.17, 15) is 4.79 Å². The zero-order valence-electron chi connectivity index (χ0n) is 10.1. The first-order valence-corrected chi connectivity index (χ1v) is 5.44. The number of hydrogen-bond acceptors (Lipinski definition) is 2. The van der Waals surface area contributed by atoms with Crippen molar-refractivity contribution in [2.75, 3.05) is 13.6 Å². The molecule has 0 bridgehead atoms. The summed E-state index contributed by atoms with van der Waals surface area (Å²) in [5.41, 5.74) is 3.55. The summed E-state index contributed by atoms with van der Waals surface area (Å²) in [7, 11) is 1.80. The van der Waals surface area contributed by atoms with Crippen LogP contribution in [-0.4, -0.2) is 25.2 Å². The third-order valence-electron chi connectivity index (χ3n) is 2.99. The monoisotopic (exact) mass is 208 g/mol. The normalized spacial score (nSPS) is 21.5. The number of hydrogen-bond donors (Lipinski definition) is 1. The average molecular weight is 208 g/mol. The molecule has 1 rings (SSSR count). The molecule has 0 aliphatic carbocycles. The molecule has 1 aliphatic heterocycles. The first kappa shape index (κ1) is 12.0. The zero-order chi connectivity index (χ0) is 11.4. The smallest absolute Gasteiger partial charge is 0.223 e. The SMILES string of the molecule is CN=C(C)C(CC1CCNC1=O)=C(C)C. The van der Waals surface area contributed by atoms with Gasteiger partial charge in [-0.3, -0.25) is 9.79 Å². The van der Waals surface area contributed by atoms with Crippen LogP contribution in [-0.2, 0) is 4.79 Å². The number of amides is 1. The molecule has 1 fully saturated rings. The van der Waals surface area contributed by atoms with E-state index >= 15 is 0 Å². The topological polar surface area (TPSA) is 41.5 Å². The molecule has 1 N–H and O–H groups in total. The van der Waals surface area contributed by atoms with E-state index in [1.54, 1.807) is 7.05 Å². The van der Waals surface area contributed by atoms with Gasteiger partial charge in [0.15, 0.2) is 0 Å². The molecule has 0 saturated carbocycles. The fraction of sp³-hybridized carbons (Fsp3) is 0.667. The van der Waals surface area contributed by atoms with Gasteiger partial charge >= 0.3 is 0 Å². The van der Waals surface area contributed by atoms with Crippen molar-refractivity contribution in [2.45, 2.75) is 33.6 Å². The van der Waals surface area contributed by atoms with E-state index in [1.165, 1.54) is 11.1 Å². The second kappa shape index (κ2) is 5.10. The fourth-order valence-electron chi connectivity index (χ4n) is 1.93. The molecule has 15 heavy (non-hydrogen) atoms. The fourth-order valence-corrected chi connectivity index (χ4v) is 1.93. The minimum Gasteiger partial charge on any atom is -0.356 e. The Hall–Kier alpha value is -1.12. The molecule has 1 atom stereocenters. The average Bonchev–Trinajstić information content (AvgIpc) is 2.59. The van der Waals surface area contributed by atoms with Crippen LogP contribution in [0, 0.1) is 5.92 Å². The summed E-state index contributed by atoms with van der Waals surface area (Å²) < 4.78 is 0. The lowest BCUT2D eigenvalue weighted by molar-refractivity contribution is -0.122. The van der Waals surface area contributed by atoms with E-state index in [-0.39, 0.29) is 11.8 Å². The molecule has 3 nitrogen and oxygen atoms in total. The predicted octanol–water partition coefficient (Wildman–Crippen LogP) is 1.94. The molecule has 1 aliphatic rings. The molecule has 0 aromatic rings. The van der Waals surface area contributed by atoms with Crippen molar-refractivity contribution in [3.63, 3.8) is 0 Å². The van der Waals surface area contributed by atoms with Crippen molar-refractivity contribution in [3.8, 4) is 0 Å². The third kappa shape index (κ3) is 2.91. The maximum atomic E-state index is 11.5. The van der Waals surface area contributed by atoms with Crippen molar-refractivity contribution < 1.29 is 4.79 Å². The second-order valence-corrected chi connectivity index (χ2v) is 4.27. The minimum atomic E-state index is 0.145. The molecule has 1 saturated heterocycles. The molecule has 1 unspecified atom stereocenters. The number of allylic oxidation sites excluding steroid dienone is 2. The van der Waals surface area contributed by atoms with Crippen LogP contribution in [0.2, 0.25) is 0 Å². The van der Waals surface area contributed by atoms with Gasteiger partial charge in [-0.25, -0.2) is 0 Å². The lowest BCUT2D eigenvalue weighted by atomic mass is 9.93. The summed E-state index contributed by atoms with van der Waals surface area (Å²) in [6.07, 6.45) is 1.78. The first-order chi connectivity index (χ1) is 7.06. The first-order valence-electron chi connectivity index (χ1n) is 5.44. The predicted molar refractivity (Wildman–Crippen MR) is 63.1 cm³/mol. The summed E-state index contributed by atoms with van der Waals surface area (Å²) in [6, 6.07) is 0. The van der Waals surface area contributed by atoms with Crippen LogP contribution in [0.25, 0.3) is 0 Å². The maximum absolute atomic E-state index is 11.5. The highest BCUT2D eigenvalue weighted by Crippen LogP contribution is 2.22. The zero-order valence-corrected chi connectivity index (χ0v) is 10.1. The Morgan fingerprint density at radius 1 is 1.47 bits per heavy atom. The van der Waals surface area contributed by atoms with E-state index < -0.39 is 0 Å². The van der Waals surface area contributed by atoms with E-state index in [0.29, 0.717) is 0 Å². The molecule has 84 valence electrons. The third-order valence-corrected chi connectivity index (χ3v) is 2.99. The number of carbonyl (C=O) groups excluding carboxylic acids is 1. The number of rotatable bonds is 3. The number of nitrogens with zero attached hydrogens (tertiary/aromatic N) is 1. The lowest BCUT2D eigenvalue weighted by Crippen LogP contribution is -2.20. The largest absolute Gasteiger partial charge is 0.356 e. The Balaban J connectivity index is 2.77. The Labute approximate surface area is 91.7 Å². The van der Waals surface area contributed by atoms with Gasteiger partial charge in [-0.1, -0.05) is 5.57 Å². The summed E-state index contributed by atoms with van der Waals surface area (Å²) in [5.74, 6) is 0.337. The highest BCUT2D eigenvalue weighted by atomic mass is 16.2. The standard InChI is InChI=1S/C12H20N2O/c1-8(2)11(9(3)13-4)7-10-5-6-14-12(10)15/h10H,5-7H2,1-4H3,(H,14,15). The molecule has 1 heterocycles. The summed E-state index contributed by atoms with van der Waals surface area (Å²) in [6.45, 7) is 6.99. The highest BCUT2D eigenvalue weighted by molar-refractivity contribution is 5.99. The Morgan fingerprint density at radius 3 is 2.53 bits per heavy atom. The van der Waals surface area contributed by atoms with E-state index in [4.69, 9.17) is 0 Å². The molecule has 1 amide bonds. The van der Waals surface area contributed by atoms with E-state index in [2.05, 4.69) is 24.2 Å². The second-order valence-electron chi connectivity index (χ2n) is 4.27. The molecular formula is C12H20N2O. The molecule has 0 spiro atoms. The van der Waals surface area contributed by atoms with Crippen molar-refractivity contribution in [1.29, 1.82) is 0 Å². The van der Waals surface area contributed by atoms with Crippen molar-refractivity contribution in [1.82, 2.24) is 5.32 Å². The molecule has 0 aromatic heterocycles. The van der Waals surface area contributed by atoms with Gasteiger partial charge in [0, 0.05) is 25.2 Å². The van der Waals surface area contributed by atoms with Gasteiger partial charge in [-0.05, 0) is 39.2 Å². The molecule has 0 aromatic carbocycles. The van der Waals surface area contributed by atoms with Crippen LogP contribution >= 0.6 is 0 Å². The van der Waals surface area contributed by atoms with Crippen molar-refractivity contribution in [3.05, 3.63) is 11.1 Å². The van der Waals surface area contributed by atoms with Crippen LogP contribution < -0.4 is 5.32 Å². The Morgan fingerprint density at radius 2 is 2.13 bits per heavy atom. The molecule has 0 radical (unpaired) electrons. The number of nitrogens with one attached hydrogen (secondary N) is 1. The number of aliphatic imine (C=N–C) groups is 1. The van der Waals surface area contributed by atoms with Crippen LogP contribution in [0.1, 0.15) is 33.6 Å². The van der Waals surface area contributed by atoms with Crippen molar-refractivity contribution >= 4 is 11.6 Å². The quantitative estimate of drug-likeness (QED) is 0.707. The van der Waals surface area contributed by atoms with Crippen LogP contribution in [0.15, 0.2) is 16.1 Å². The van der Waals surface area contributed by atoms with Crippen LogP contribution in [0.3, 0.4) is 0 Å². The lowest BCUT2D eigenvalue weighted by Gasteiger charge is -2.12. The Bertz CT molecular complexity index is 312. The number of carbonyl (C=O) groups is 1. The van der Waals surface area contributed by atoms with Gasteiger partial charge in [0.2, 0.25) is 5.91 Å². The van der Waals surface area contributed by atoms with Crippen LogP contribution in [0.5, 0.6) is 0 Å². The Kier molecular flexibility index (Phi) is 4.06. The highest BCUT2D eigenvalue weighted by Gasteiger charge is 2.25. The summed E-state index contributed by atoms with van der Waals surface area (Å²) >= 11 is 0. The van der Waals surface area contributed by atoms with Gasteiger partial charge in [-0.2, -0.15) is 0 Å². The maximum Gasteiger partial charge on any atom is 0.223 e. The van der Waals surface area contributed by atoms with Gasteiger partial charge < -0.3 is 5.32 Å². The molecular weight excluding hydrogens is 188 g/mol.